The van der Waals surface area contributed by atoms with Gasteiger partial charge in [-0.2, -0.15) is 0 Å². The number of hydrogen-bond donors (Lipinski definition) is 1. The van der Waals surface area contributed by atoms with Crippen LogP contribution in [-0.4, -0.2) is 29.2 Å². The third-order valence-corrected chi connectivity index (χ3v) is 6.87. The topological polar surface area (TPSA) is 48.3 Å². The summed E-state index contributed by atoms with van der Waals surface area (Å²) in [4.78, 5) is 5.04. The van der Waals surface area contributed by atoms with Crippen molar-refractivity contribution < 1.29 is 9.47 Å². The second-order valence-corrected chi connectivity index (χ2v) is 9.69. The molecule has 1 heterocycles. The number of fused-ring (bicyclic) bond motifs is 1. The van der Waals surface area contributed by atoms with Gasteiger partial charge in [-0.1, -0.05) is 79.7 Å². The molecule has 0 aliphatic heterocycles. The summed E-state index contributed by atoms with van der Waals surface area (Å²) in [6.07, 6.45) is 2.74. The van der Waals surface area contributed by atoms with Crippen molar-refractivity contribution in [2.75, 3.05) is 19.7 Å². The zero-order chi connectivity index (χ0) is 26.7. The van der Waals surface area contributed by atoms with E-state index in [1.165, 1.54) is 16.7 Å². The molecule has 0 aliphatic rings. The Morgan fingerprint density at radius 1 is 0.692 bits per heavy atom. The van der Waals surface area contributed by atoms with Gasteiger partial charge >= 0.3 is 0 Å². The maximum absolute atomic E-state index is 6.02. The highest BCUT2D eigenvalue weighted by Gasteiger charge is 2.13. The second kappa shape index (κ2) is 13.6. The Bertz CT molecular complexity index is 1430. The van der Waals surface area contributed by atoms with Crippen molar-refractivity contribution >= 4 is 11.0 Å². The molecule has 5 aromatic rings. The van der Waals surface area contributed by atoms with Crippen LogP contribution in [0.4, 0.5) is 0 Å². The summed E-state index contributed by atoms with van der Waals surface area (Å²) < 4.78 is 14.4. The van der Waals surface area contributed by atoms with E-state index < -0.39 is 0 Å². The van der Waals surface area contributed by atoms with Gasteiger partial charge in [0.2, 0.25) is 0 Å². The molecule has 0 spiro atoms. The lowest BCUT2D eigenvalue weighted by Gasteiger charge is -2.11. The van der Waals surface area contributed by atoms with Crippen LogP contribution in [0.25, 0.3) is 11.0 Å². The molecule has 0 amide bonds. The molecule has 39 heavy (non-hydrogen) atoms. The highest BCUT2D eigenvalue weighted by Crippen LogP contribution is 2.24. The third-order valence-electron chi connectivity index (χ3n) is 6.87. The van der Waals surface area contributed by atoms with E-state index in [2.05, 4.69) is 95.7 Å². The van der Waals surface area contributed by atoms with Crippen LogP contribution >= 0.6 is 0 Å². The number of nitrogens with one attached hydrogen (secondary N) is 1. The maximum atomic E-state index is 6.02. The minimum atomic E-state index is 0.576. The molecule has 4 aromatic carbocycles. The number of rotatable bonds is 14. The van der Waals surface area contributed by atoms with Crippen molar-refractivity contribution in [1.82, 2.24) is 14.9 Å². The Hall–Kier alpha value is -4.09. The first-order valence-electron chi connectivity index (χ1n) is 13.9. The highest BCUT2D eigenvalue weighted by atomic mass is 16.5. The van der Waals surface area contributed by atoms with Crippen molar-refractivity contribution in [3.8, 4) is 11.5 Å². The lowest BCUT2D eigenvalue weighted by Crippen LogP contribution is -2.20. The van der Waals surface area contributed by atoms with Gasteiger partial charge in [-0.15, -0.1) is 0 Å². The van der Waals surface area contributed by atoms with Crippen LogP contribution in [0.15, 0.2) is 103 Å². The van der Waals surface area contributed by atoms with Gasteiger partial charge < -0.3 is 19.4 Å². The molecule has 1 aromatic heterocycles. The Morgan fingerprint density at radius 2 is 1.38 bits per heavy atom. The normalized spacial score (nSPS) is 11.1. The van der Waals surface area contributed by atoms with Crippen LogP contribution < -0.4 is 14.8 Å². The van der Waals surface area contributed by atoms with E-state index >= 15 is 0 Å². The van der Waals surface area contributed by atoms with Gasteiger partial charge in [0.05, 0.1) is 11.0 Å². The van der Waals surface area contributed by atoms with E-state index in [4.69, 9.17) is 14.5 Å². The van der Waals surface area contributed by atoms with Crippen LogP contribution in [-0.2, 0) is 32.4 Å². The molecule has 0 saturated carbocycles. The lowest BCUT2D eigenvalue weighted by molar-refractivity contribution is 0.306. The van der Waals surface area contributed by atoms with Gasteiger partial charge in [0.25, 0.3) is 0 Å². The van der Waals surface area contributed by atoms with Gasteiger partial charge in [-0.25, -0.2) is 4.98 Å². The summed E-state index contributed by atoms with van der Waals surface area (Å²) >= 11 is 0. The number of hydrogen-bond acceptors (Lipinski definition) is 4. The summed E-state index contributed by atoms with van der Waals surface area (Å²) in [5.41, 5.74) is 5.92. The number of aryl methyl sites for hydroxylation is 4. The summed E-state index contributed by atoms with van der Waals surface area (Å²) in [5.74, 6) is 2.88. The Kier molecular flexibility index (Phi) is 9.27. The number of likely N-dealkylation sites (N-methyl/N-ethyl adjacent to an activating group) is 1. The predicted octanol–water partition coefficient (Wildman–Crippen LogP) is 6.63. The average Bonchev–Trinajstić information content (AvgIpc) is 3.34. The fourth-order valence-electron chi connectivity index (χ4n) is 4.74. The summed E-state index contributed by atoms with van der Waals surface area (Å²) in [7, 11) is 0. The van der Waals surface area contributed by atoms with Crippen LogP contribution in [0.5, 0.6) is 11.5 Å². The molecule has 0 fully saturated rings. The summed E-state index contributed by atoms with van der Waals surface area (Å²) in [6.45, 7) is 5.99. The highest BCUT2D eigenvalue weighted by molar-refractivity contribution is 5.78. The minimum Gasteiger partial charge on any atom is -0.492 e. The van der Waals surface area contributed by atoms with Crippen molar-refractivity contribution in [2.45, 2.75) is 39.3 Å². The standard InChI is InChI=1S/C34H37N3O2/c1-2-35-22-24-38-31-18-19-32-33(25-31)37(23-21-27-9-5-3-6-10-27)34(36-32)20-15-28-13-16-30(17-14-28)39-26-29-11-7-4-8-12-29/h3-14,16-19,25,35H,2,15,20-24,26H2,1H3. The monoisotopic (exact) mass is 519 g/mol. The first kappa shape index (κ1) is 26.5. The fourth-order valence-corrected chi connectivity index (χ4v) is 4.74. The molecular formula is C34H37N3O2. The van der Waals surface area contributed by atoms with E-state index in [-0.39, 0.29) is 0 Å². The SMILES string of the molecule is CCNCCOc1ccc2nc(CCc3ccc(OCc4ccccc4)cc3)n(CCc3ccccc3)c2c1. The molecule has 0 unspecified atom stereocenters. The molecule has 1 N–H and O–H groups in total. The van der Waals surface area contributed by atoms with Crippen molar-refractivity contribution in [2.24, 2.45) is 0 Å². The van der Waals surface area contributed by atoms with Crippen molar-refractivity contribution in [1.29, 1.82) is 0 Å². The Labute approximate surface area is 231 Å². The summed E-state index contributed by atoms with van der Waals surface area (Å²) in [6, 6.07) is 35.6. The van der Waals surface area contributed by atoms with Crippen molar-refractivity contribution in [3.63, 3.8) is 0 Å². The van der Waals surface area contributed by atoms with Crippen molar-refractivity contribution in [3.05, 3.63) is 126 Å². The zero-order valence-corrected chi connectivity index (χ0v) is 22.7. The quantitative estimate of drug-likeness (QED) is 0.167. The lowest BCUT2D eigenvalue weighted by atomic mass is 10.1. The number of ether oxygens (including phenoxy) is 2. The Balaban J connectivity index is 1.28. The van der Waals surface area contributed by atoms with Crippen LogP contribution in [0, 0.1) is 0 Å². The molecule has 200 valence electrons. The summed E-state index contributed by atoms with van der Waals surface area (Å²) in [5, 5.41) is 3.31. The first-order valence-corrected chi connectivity index (χ1v) is 13.9. The van der Waals surface area contributed by atoms with E-state index in [1.807, 2.05) is 24.3 Å². The number of imidazole rings is 1. The smallest absolute Gasteiger partial charge is 0.121 e. The average molecular weight is 520 g/mol. The molecule has 0 bridgehead atoms. The van der Waals surface area contributed by atoms with E-state index in [0.717, 1.165) is 67.3 Å². The third kappa shape index (κ3) is 7.49. The van der Waals surface area contributed by atoms with Crippen LogP contribution in [0.1, 0.15) is 29.4 Å². The Morgan fingerprint density at radius 3 is 2.13 bits per heavy atom. The molecule has 0 radical (unpaired) electrons. The fraction of sp³-hybridized carbons (Fsp3) is 0.265. The molecule has 0 aliphatic carbocycles. The van der Waals surface area contributed by atoms with Gasteiger partial charge in [0, 0.05) is 25.6 Å². The van der Waals surface area contributed by atoms with Gasteiger partial charge in [0.1, 0.15) is 30.5 Å². The predicted molar refractivity (Wildman–Crippen MR) is 159 cm³/mol. The van der Waals surface area contributed by atoms with Crippen LogP contribution in [0.2, 0.25) is 0 Å². The number of nitrogens with zero attached hydrogens (tertiary/aromatic N) is 2. The number of aromatic nitrogens is 2. The van der Waals surface area contributed by atoms with E-state index in [0.29, 0.717) is 13.2 Å². The van der Waals surface area contributed by atoms with Gasteiger partial charge in [-0.05, 0) is 60.3 Å². The van der Waals surface area contributed by atoms with Gasteiger partial charge in [-0.3, -0.25) is 0 Å². The largest absolute Gasteiger partial charge is 0.492 e. The molecule has 5 nitrogen and oxygen atoms in total. The molecular weight excluding hydrogens is 482 g/mol. The van der Waals surface area contributed by atoms with E-state index in [1.54, 1.807) is 0 Å². The van der Waals surface area contributed by atoms with Crippen LogP contribution in [0.3, 0.4) is 0 Å². The van der Waals surface area contributed by atoms with Gasteiger partial charge in [0.15, 0.2) is 0 Å². The molecule has 0 saturated heterocycles. The maximum Gasteiger partial charge on any atom is 0.121 e. The number of benzene rings is 4. The minimum absolute atomic E-state index is 0.576. The zero-order valence-electron chi connectivity index (χ0n) is 22.7. The second-order valence-electron chi connectivity index (χ2n) is 9.69. The molecule has 5 rings (SSSR count). The first-order chi connectivity index (χ1) is 19.3. The van der Waals surface area contributed by atoms with E-state index in [9.17, 15) is 0 Å². The molecule has 0 atom stereocenters. The molecule has 5 heteroatoms.